The van der Waals surface area contributed by atoms with Crippen LogP contribution in [0.3, 0.4) is 0 Å². The van der Waals surface area contributed by atoms with Crippen LogP contribution in [0, 0.1) is 0 Å². The van der Waals surface area contributed by atoms with Crippen LogP contribution in [0.25, 0.3) is 23.0 Å². The van der Waals surface area contributed by atoms with Crippen molar-refractivity contribution in [1.29, 1.82) is 0 Å². The zero-order valence-corrected chi connectivity index (χ0v) is 12.6. The summed E-state index contributed by atoms with van der Waals surface area (Å²) in [5, 5.41) is 0. The number of pyridine rings is 1. The summed E-state index contributed by atoms with van der Waals surface area (Å²) in [5.41, 5.74) is 8.63. The minimum Gasteiger partial charge on any atom is -0.366 e. The summed E-state index contributed by atoms with van der Waals surface area (Å²) in [6, 6.07) is 13.6. The van der Waals surface area contributed by atoms with Crippen molar-refractivity contribution >= 4 is 33.6 Å². The molecule has 21 heavy (non-hydrogen) atoms. The quantitative estimate of drug-likeness (QED) is 0.743. The third-order valence-electron chi connectivity index (χ3n) is 3.09. The Kier molecular flexibility index (Phi) is 3.58. The van der Waals surface area contributed by atoms with E-state index in [2.05, 4.69) is 20.9 Å². The fourth-order valence-corrected chi connectivity index (χ4v) is 2.42. The second kappa shape index (κ2) is 5.54. The minimum atomic E-state index is -0.484. The molecule has 3 rings (SSSR count). The van der Waals surface area contributed by atoms with Crippen LogP contribution in [0.4, 0.5) is 0 Å². The number of primary amides is 1. The third-order valence-corrected chi connectivity index (χ3v) is 3.62. The summed E-state index contributed by atoms with van der Waals surface area (Å²) in [5.74, 6) is -0.484. The van der Waals surface area contributed by atoms with E-state index >= 15 is 0 Å². The Morgan fingerprint density at radius 2 is 1.95 bits per heavy atom. The highest BCUT2D eigenvalue weighted by atomic mass is 79.9. The maximum Gasteiger partial charge on any atom is 0.241 e. The molecule has 0 aliphatic rings. The minimum absolute atomic E-state index is 0.484. The van der Waals surface area contributed by atoms with Crippen molar-refractivity contribution in [2.45, 2.75) is 0 Å². The number of hydrogen-bond donors (Lipinski definition) is 1. The average molecular weight is 342 g/mol. The largest absolute Gasteiger partial charge is 0.366 e. The van der Waals surface area contributed by atoms with Gasteiger partial charge in [0.05, 0.1) is 11.4 Å². The smallest absolute Gasteiger partial charge is 0.241 e. The number of nitrogens with zero attached hydrogens (tertiary/aromatic N) is 2. The first-order valence-corrected chi connectivity index (χ1v) is 7.15. The SMILES string of the molecule is NC(=O)/C=C/c1c(-c2ccc(Br)cc2)nc2ccccn12. The van der Waals surface area contributed by atoms with Crippen LogP contribution >= 0.6 is 15.9 Å². The molecule has 104 valence electrons. The Labute approximate surface area is 130 Å². The lowest BCUT2D eigenvalue weighted by atomic mass is 10.1. The molecule has 0 aliphatic heterocycles. The molecule has 0 aliphatic carbocycles. The summed E-state index contributed by atoms with van der Waals surface area (Å²) >= 11 is 3.42. The first-order chi connectivity index (χ1) is 10.1. The molecule has 0 saturated heterocycles. The van der Waals surface area contributed by atoms with Crippen molar-refractivity contribution in [1.82, 2.24) is 9.38 Å². The van der Waals surface area contributed by atoms with E-state index in [0.29, 0.717) is 0 Å². The Balaban J connectivity index is 2.23. The highest BCUT2D eigenvalue weighted by molar-refractivity contribution is 9.10. The Bertz CT molecular complexity index is 834. The van der Waals surface area contributed by atoms with E-state index in [1.165, 1.54) is 6.08 Å². The van der Waals surface area contributed by atoms with E-state index in [4.69, 9.17) is 5.73 Å². The second-order valence-corrected chi connectivity index (χ2v) is 5.43. The second-order valence-electron chi connectivity index (χ2n) is 4.52. The number of rotatable bonds is 3. The van der Waals surface area contributed by atoms with E-state index in [-0.39, 0.29) is 0 Å². The van der Waals surface area contributed by atoms with Gasteiger partial charge in [-0.1, -0.05) is 34.1 Å². The predicted octanol–water partition coefficient (Wildman–Crippen LogP) is 3.26. The number of carbonyl (C=O) groups excluding carboxylic acids is 1. The number of aromatic nitrogens is 2. The molecule has 0 spiro atoms. The van der Waals surface area contributed by atoms with Crippen LogP contribution in [0.2, 0.25) is 0 Å². The summed E-state index contributed by atoms with van der Waals surface area (Å²) in [6.07, 6.45) is 4.95. The molecule has 3 aromatic rings. The number of nitrogens with two attached hydrogens (primary N) is 1. The molecule has 5 heteroatoms. The van der Waals surface area contributed by atoms with Gasteiger partial charge in [0.15, 0.2) is 0 Å². The Morgan fingerprint density at radius 1 is 1.19 bits per heavy atom. The van der Waals surface area contributed by atoms with Crippen molar-refractivity contribution in [3.8, 4) is 11.3 Å². The van der Waals surface area contributed by atoms with Crippen molar-refractivity contribution in [3.63, 3.8) is 0 Å². The molecular formula is C16H12BrN3O. The van der Waals surface area contributed by atoms with E-state index in [1.807, 2.05) is 53.1 Å². The van der Waals surface area contributed by atoms with Crippen LogP contribution in [-0.2, 0) is 4.79 Å². The highest BCUT2D eigenvalue weighted by Crippen LogP contribution is 2.26. The molecule has 2 aromatic heterocycles. The van der Waals surface area contributed by atoms with Gasteiger partial charge < -0.3 is 5.73 Å². The number of carbonyl (C=O) groups is 1. The van der Waals surface area contributed by atoms with Gasteiger partial charge in [0, 0.05) is 22.3 Å². The number of imidazole rings is 1. The van der Waals surface area contributed by atoms with Crippen molar-refractivity contribution in [2.24, 2.45) is 5.73 Å². The molecule has 0 radical (unpaired) electrons. The standard InChI is InChI=1S/C16H12BrN3O/c17-12-6-4-11(5-7-12)16-13(8-9-14(18)21)20-10-2-1-3-15(20)19-16/h1-10H,(H2,18,21)/b9-8+. The van der Waals surface area contributed by atoms with Gasteiger partial charge in [-0.2, -0.15) is 0 Å². The Hall–Kier alpha value is -2.40. The predicted molar refractivity (Wildman–Crippen MR) is 86.6 cm³/mol. The zero-order chi connectivity index (χ0) is 14.8. The van der Waals surface area contributed by atoms with E-state index in [9.17, 15) is 4.79 Å². The summed E-state index contributed by atoms with van der Waals surface area (Å²) < 4.78 is 2.93. The maximum atomic E-state index is 11.0. The molecule has 1 amide bonds. The molecule has 0 bridgehead atoms. The summed E-state index contributed by atoms with van der Waals surface area (Å²) in [7, 11) is 0. The molecule has 4 nitrogen and oxygen atoms in total. The lowest BCUT2D eigenvalue weighted by Gasteiger charge is -2.01. The summed E-state index contributed by atoms with van der Waals surface area (Å²) in [6.45, 7) is 0. The molecule has 1 aromatic carbocycles. The Morgan fingerprint density at radius 3 is 2.67 bits per heavy atom. The third kappa shape index (κ3) is 2.73. The number of halogens is 1. The van der Waals surface area contributed by atoms with E-state index < -0.39 is 5.91 Å². The molecule has 0 saturated carbocycles. The first kappa shape index (κ1) is 13.6. The van der Waals surface area contributed by atoms with Gasteiger partial charge >= 0.3 is 0 Å². The zero-order valence-electron chi connectivity index (χ0n) is 11.0. The number of fused-ring (bicyclic) bond motifs is 1. The molecule has 2 N–H and O–H groups in total. The van der Waals surface area contributed by atoms with E-state index in [0.717, 1.165) is 27.1 Å². The van der Waals surface area contributed by atoms with Crippen LogP contribution in [0.1, 0.15) is 5.69 Å². The monoisotopic (exact) mass is 341 g/mol. The maximum absolute atomic E-state index is 11.0. The van der Waals surface area contributed by atoms with Gasteiger partial charge in [-0.05, 0) is 30.3 Å². The average Bonchev–Trinajstić information content (AvgIpc) is 2.84. The molecule has 0 atom stereocenters. The van der Waals surface area contributed by atoms with Crippen LogP contribution < -0.4 is 5.73 Å². The normalized spacial score (nSPS) is 11.3. The topological polar surface area (TPSA) is 60.4 Å². The van der Waals surface area contributed by atoms with Gasteiger partial charge in [0.25, 0.3) is 0 Å². The molecular weight excluding hydrogens is 330 g/mol. The van der Waals surface area contributed by atoms with Gasteiger partial charge in [-0.25, -0.2) is 4.98 Å². The summed E-state index contributed by atoms with van der Waals surface area (Å²) in [4.78, 5) is 15.7. The van der Waals surface area contributed by atoms with Crippen molar-refractivity contribution < 1.29 is 4.79 Å². The van der Waals surface area contributed by atoms with Crippen molar-refractivity contribution in [2.75, 3.05) is 0 Å². The van der Waals surface area contributed by atoms with Crippen LogP contribution in [-0.4, -0.2) is 15.3 Å². The highest BCUT2D eigenvalue weighted by Gasteiger charge is 2.11. The first-order valence-electron chi connectivity index (χ1n) is 6.36. The van der Waals surface area contributed by atoms with Gasteiger partial charge in [0.1, 0.15) is 5.65 Å². The molecule has 0 unspecified atom stereocenters. The fourth-order valence-electron chi connectivity index (χ4n) is 2.16. The number of benzene rings is 1. The number of hydrogen-bond acceptors (Lipinski definition) is 2. The van der Waals surface area contributed by atoms with Gasteiger partial charge in [-0.3, -0.25) is 9.20 Å². The molecule has 2 heterocycles. The lowest BCUT2D eigenvalue weighted by Crippen LogP contribution is -2.05. The fraction of sp³-hybridized carbons (Fsp3) is 0. The number of amides is 1. The van der Waals surface area contributed by atoms with Gasteiger partial charge in [-0.15, -0.1) is 0 Å². The van der Waals surface area contributed by atoms with Gasteiger partial charge in [0.2, 0.25) is 5.91 Å². The van der Waals surface area contributed by atoms with Crippen LogP contribution in [0.15, 0.2) is 59.2 Å². The van der Waals surface area contributed by atoms with Crippen LogP contribution in [0.5, 0.6) is 0 Å². The van der Waals surface area contributed by atoms with E-state index in [1.54, 1.807) is 6.08 Å². The lowest BCUT2D eigenvalue weighted by molar-refractivity contribution is -0.113. The molecule has 0 fully saturated rings. The van der Waals surface area contributed by atoms with Crippen molar-refractivity contribution in [3.05, 3.63) is 64.9 Å².